The van der Waals surface area contributed by atoms with Crippen molar-refractivity contribution in [1.82, 2.24) is 0 Å². The summed E-state index contributed by atoms with van der Waals surface area (Å²) in [7, 11) is 0. The van der Waals surface area contributed by atoms with Crippen LogP contribution in [0.25, 0.3) is 0 Å². The van der Waals surface area contributed by atoms with Crippen LogP contribution in [0.1, 0.15) is 10.4 Å². The van der Waals surface area contributed by atoms with Crippen molar-refractivity contribution < 1.29 is 27.4 Å². The molecule has 0 aliphatic carbocycles. The van der Waals surface area contributed by atoms with Gasteiger partial charge in [0.1, 0.15) is 11.6 Å². The topological polar surface area (TPSA) is 89.5 Å². The maximum atomic E-state index is 13.0. The summed E-state index contributed by atoms with van der Waals surface area (Å²) in [5.41, 5.74) is -1.51. The first-order chi connectivity index (χ1) is 6.91. The molecule has 1 aromatic rings. The highest BCUT2D eigenvalue weighted by Crippen LogP contribution is 2.19. The molecule has 0 bridgehead atoms. The summed E-state index contributed by atoms with van der Waals surface area (Å²) in [5, 5.41) is 8.41. The predicted molar refractivity (Wildman–Crippen MR) is 45.9 cm³/mol. The van der Waals surface area contributed by atoms with Crippen LogP contribution in [0, 0.1) is 11.6 Å². The van der Waals surface area contributed by atoms with Crippen LogP contribution in [0.3, 0.4) is 0 Å². The molecule has 0 fully saturated rings. The number of anilines is 1. The lowest BCUT2D eigenvalue weighted by Gasteiger charge is -2.10. The van der Waals surface area contributed by atoms with Gasteiger partial charge >= 0.3 is 5.97 Å². The summed E-state index contributed by atoms with van der Waals surface area (Å²) in [6.07, 6.45) is 0. The fourth-order valence-corrected chi connectivity index (χ4v) is 1.21. The summed E-state index contributed by atoms with van der Waals surface area (Å²) < 4.78 is 47.8. The molecular formula is C7H4F2NO4S-. The maximum absolute atomic E-state index is 13.0. The third-order valence-corrected chi connectivity index (χ3v) is 1.87. The van der Waals surface area contributed by atoms with Crippen molar-refractivity contribution in [2.45, 2.75) is 0 Å². The number of benzene rings is 1. The first-order valence-electron chi connectivity index (χ1n) is 3.50. The molecule has 0 heterocycles. The van der Waals surface area contributed by atoms with Crippen LogP contribution in [0.2, 0.25) is 0 Å². The Balaban J connectivity index is 3.19. The number of carbonyl (C=O) groups is 1. The molecule has 0 amide bonds. The van der Waals surface area contributed by atoms with E-state index >= 15 is 0 Å². The lowest BCUT2D eigenvalue weighted by Crippen LogP contribution is -2.08. The minimum Gasteiger partial charge on any atom is -0.755 e. The Kier molecular flexibility index (Phi) is 3.32. The van der Waals surface area contributed by atoms with Gasteiger partial charge in [-0.2, -0.15) is 0 Å². The molecule has 1 atom stereocenters. The lowest BCUT2D eigenvalue weighted by molar-refractivity contribution is 0.0691. The summed E-state index contributed by atoms with van der Waals surface area (Å²) in [6, 6.07) is 0.849. The summed E-state index contributed by atoms with van der Waals surface area (Å²) in [6.45, 7) is 0. The Morgan fingerprint density at radius 3 is 2.47 bits per heavy atom. The van der Waals surface area contributed by atoms with E-state index in [1.807, 2.05) is 0 Å². The molecule has 2 N–H and O–H groups in total. The van der Waals surface area contributed by atoms with E-state index in [1.165, 1.54) is 0 Å². The second kappa shape index (κ2) is 4.32. The minimum atomic E-state index is -2.81. The van der Waals surface area contributed by atoms with E-state index in [0.717, 1.165) is 0 Å². The van der Waals surface area contributed by atoms with Crippen LogP contribution in [0.5, 0.6) is 0 Å². The van der Waals surface area contributed by atoms with Gasteiger partial charge < -0.3 is 14.4 Å². The molecule has 0 aliphatic heterocycles. The number of carboxylic acid groups (broad SMARTS) is 1. The molecule has 82 valence electrons. The molecule has 0 aromatic heterocycles. The first-order valence-corrected chi connectivity index (χ1v) is 4.57. The second-order valence-corrected chi connectivity index (χ2v) is 3.13. The van der Waals surface area contributed by atoms with Gasteiger partial charge in [-0.3, -0.25) is 4.21 Å². The molecule has 1 rings (SSSR count). The van der Waals surface area contributed by atoms with Crippen LogP contribution in [-0.2, 0) is 11.3 Å². The molecule has 0 saturated heterocycles. The molecule has 1 aromatic carbocycles. The molecule has 15 heavy (non-hydrogen) atoms. The number of aromatic carboxylic acids is 1. The van der Waals surface area contributed by atoms with Crippen LogP contribution in [0.4, 0.5) is 14.5 Å². The third-order valence-electron chi connectivity index (χ3n) is 1.48. The summed E-state index contributed by atoms with van der Waals surface area (Å²) >= 11 is -2.81. The number of carboxylic acids is 1. The normalized spacial score (nSPS) is 12.2. The van der Waals surface area contributed by atoms with Gasteiger partial charge in [-0.05, 0) is 6.07 Å². The quantitative estimate of drug-likeness (QED) is 0.762. The minimum absolute atomic E-state index is 0.396. The Bertz CT molecular complexity index is 437. The van der Waals surface area contributed by atoms with Crippen LogP contribution >= 0.6 is 0 Å². The Morgan fingerprint density at radius 1 is 1.40 bits per heavy atom. The van der Waals surface area contributed by atoms with E-state index in [2.05, 4.69) is 0 Å². The third kappa shape index (κ3) is 2.70. The Labute approximate surface area is 85.1 Å². The van der Waals surface area contributed by atoms with Crippen molar-refractivity contribution in [3.63, 3.8) is 0 Å². The van der Waals surface area contributed by atoms with Gasteiger partial charge in [0.05, 0.1) is 11.3 Å². The molecule has 5 nitrogen and oxygen atoms in total. The van der Waals surface area contributed by atoms with Gasteiger partial charge in [0.2, 0.25) is 0 Å². The molecular weight excluding hydrogens is 232 g/mol. The highest BCUT2D eigenvalue weighted by Gasteiger charge is 2.14. The van der Waals surface area contributed by atoms with Gasteiger partial charge in [-0.15, -0.1) is 0 Å². The van der Waals surface area contributed by atoms with Crippen LogP contribution in [0.15, 0.2) is 12.1 Å². The van der Waals surface area contributed by atoms with Crippen molar-refractivity contribution in [2.75, 3.05) is 4.72 Å². The van der Waals surface area contributed by atoms with Gasteiger partial charge in [0.25, 0.3) is 0 Å². The molecule has 1 unspecified atom stereocenters. The molecule has 0 aliphatic rings. The van der Waals surface area contributed by atoms with E-state index in [9.17, 15) is 22.3 Å². The monoisotopic (exact) mass is 236 g/mol. The van der Waals surface area contributed by atoms with Gasteiger partial charge in [0.15, 0.2) is 0 Å². The van der Waals surface area contributed by atoms with Gasteiger partial charge in [0, 0.05) is 17.3 Å². The smallest absolute Gasteiger partial charge is 0.338 e. The number of halogens is 2. The number of hydrogen-bond acceptors (Lipinski definition) is 3. The molecule has 0 spiro atoms. The van der Waals surface area contributed by atoms with Crippen LogP contribution < -0.4 is 4.72 Å². The zero-order valence-corrected chi connectivity index (χ0v) is 7.81. The van der Waals surface area contributed by atoms with Crippen molar-refractivity contribution in [3.8, 4) is 0 Å². The Morgan fingerprint density at radius 2 is 2.00 bits per heavy atom. The van der Waals surface area contributed by atoms with Crippen molar-refractivity contribution >= 4 is 22.9 Å². The summed E-state index contributed by atoms with van der Waals surface area (Å²) in [4.78, 5) is 10.4. The number of hydrogen-bond donors (Lipinski definition) is 2. The number of rotatable bonds is 3. The predicted octanol–water partition coefficient (Wildman–Crippen LogP) is 0.869. The van der Waals surface area contributed by atoms with Gasteiger partial charge in [-0.1, -0.05) is 0 Å². The van der Waals surface area contributed by atoms with E-state index < -0.39 is 40.1 Å². The molecule has 0 radical (unpaired) electrons. The van der Waals surface area contributed by atoms with Crippen molar-refractivity contribution in [2.24, 2.45) is 0 Å². The van der Waals surface area contributed by atoms with Crippen molar-refractivity contribution in [3.05, 3.63) is 29.3 Å². The largest absolute Gasteiger partial charge is 0.755 e. The fraction of sp³-hybridized carbons (Fsp3) is 0. The van der Waals surface area contributed by atoms with E-state index in [1.54, 1.807) is 4.72 Å². The van der Waals surface area contributed by atoms with E-state index in [-0.39, 0.29) is 0 Å². The zero-order valence-electron chi connectivity index (χ0n) is 6.99. The standard InChI is InChI=1S/C7H5F2NO4S/c8-4-2-6(10-15(13)14)5(9)1-3(4)7(11)12/h1-2,10H,(H,11,12)(H,13,14)/p-1. The highest BCUT2D eigenvalue weighted by atomic mass is 32.2. The SMILES string of the molecule is O=C(O)c1cc(F)c(NS(=O)[O-])cc1F. The highest BCUT2D eigenvalue weighted by molar-refractivity contribution is 7.80. The van der Waals surface area contributed by atoms with Crippen molar-refractivity contribution in [1.29, 1.82) is 0 Å². The molecule has 0 saturated carbocycles. The number of nitrogens with one attached hydrogen (secondary N) is 1. The maximum Gasteiger partial charge on any atom is 0.338 e. The van der Waals surface area contributed by atoms with E-state index in [0.29, 0.717) is 12.1 Å². The lowest BCUT2D eigenvalue weighted by atomic mass is 10.2. The second-order valence-electron chi connectivity index (χ2n) is 2.45. The zero-order chi connectivity index (χ0) is 11.6. The van der Waals surface area contributed by atoms with Crippen LogP contribution in [-0.4, -0.2) is 19.8 Å². The average molecular weight is 236 g/mol. The van der Waals surface area contributed by atoms with Gasteiger partial charge in [-0.25, -0.2) is 13.6 Å². The average Bonchev–Trinajstić information content (AvgIpc) is 2.09. The Hall–Kier alpha value is -1.54. The fourth-order valence-electron chi connectivity index (χ4n) is 0.879. The summed E-state index contributed by atoms with van der Waals surface area (Å²) in [5.74, 6) is -4.03. The first kappa shape index (κ1) is 11.5. The van der Waals surface area contributed by atoms with E-state index in [4.69, 9.17) is 5.11 Å². The molecule has 8 heteroatoms.